The smallest absolute Gasteiger partial charge is 0.274 e. The van der Waals surface area contributed by atoms with Gasteiger partial charge in [-0.05, 0) is 48.7 Å². The van der Waals surface area contributed by atoms with Crippen LogP contribution >= 0.6 is 0 Å². The SMILES string of the molecule is CCc1cccc(C)c1NC(=O)c1cccc(C(=O)NCc2ccccn2)n1. The van der Waals surface area contributed by atoms with E-state index in [1.54, 1.807) is 24.4 Å². The molecule has 0 radical (unpaired) electrons. The number of carbonyl (C=O) groups excluding carboxylic acids is 2. The lowest BCUT2D eigenvalue weighted by molar-refractivity contribution is 0.0945. The summed E-state index contributed by atoms with van der Waals surface area (Å²) in [5.74, 6) is -0.700. The van der Waals surface area contributed by atoms with Gasteiger partial charge in [0.25, 0.3) is 11.8 Å². The van der Waals surface area contributed by atoms with Gasteiger partial charge in [0.1, 0.15) is 11.4 Å². The Morgan fingerprint density at radius 3 is 2.39 bits per heavy atom. The molecule has 2 amide bonds. The van der Waals surface area contributed by atoms with Crippen molar-refractivity contribution in [3.63, 3.8) is 0 Å². The van der Waals surface area contributed by atoms with Crippen molar-refractivity contribution >= 4 is 17.5 Å². The lowest BCUT2D eigenvalue weighted by Crippen LogP contribution is -2.25. The van der Waals surface area contributed by atoms with E-state index >= 15 is 0 Å². The normalized spacial score (nSPS) is 10.4. The average molecular weight is 374 g/mol. The number of benzene rings is 1. The number of hydrogen-bond donors (Lipinski definition) is 2. The highest BCUT2D eigenvalue weighted by molar-refractivity contribution is 6.04. The molecule has 2 aromatic heterocycles. The Kier molecular flexibility index (Phi) is 6.11. The van der Waals surface area contributed by atoms with Gasteiger partial charge in [0, 0.05) is 11.9 Å². The van der Waals surface area contributed by atoms with Gasteiger partial charge in [-0.2, -0.15) is 0 Å². The van der Waals surface area contributed by atoms with Gasteiger partial charge < -0.3 is 10.6 Å². The van der Waals surface area contributed by atoms with Crippen molar-refractivity contribution in [1.82, 2.24) is 15.3 Å². The van der Waals surface area contributed by atoms with Crippen LogP contribution < -0.4 is 10.6 Å². The fraction of sp³-hybridized carbons (Fsp3) is 0.182. The zero-order valence-corrected chi connectivity index (χ0v) is 15.9. The zero-order valence-electron chi connectivity index (χ0n) is 15.9. The van der Waals surface area contributed by atoms with E-state index in [9.17, 15) is 9.59 Å². The molecule has 3 aromatic rings. The summed E-state index contributed by atoms with van der Waals surface area (Å²) >= 11 is 0. The molecule has 142 valence electrons. The Labute approximate surface area is 164 Å². The predicted octanol–water partition coefficient (Wildman–Crippen LogP) is 3.53. The third-order valence-electron chi connectivity index (χ3n) is 4.35. The maximum absolute atomic E-state index is 12.7. The van der Waals surface area contributed by atoms with Crippen molar-refractivity contribution in [2.75, 3.05) is 5.32 Å². The summed E-state index contributed by atoms with van der Waals surface area (Å²) in [6, 6.07) is 16.2. The number of anilines is 1. The molecule has 0 spiro atoms. The van der Waals surface area contributed by atoms with E-state index in [2.05, 4.69) is 20.6 Å². The number of rotatable bonds is 6. The van der Waals surface area contributed by atoms with E-state index in [1.165, 1.54) is 0 Å². The highest BCUT2D eigenvalue weighted by Crippen LogP contribution is 2.21. The third kappa shape index (κ3) is 4.59. The number of aryl methyl sites for hydroxylation is 2. The van der Waals surface area contributed by atoms with Crippen LogP contribution in [0.5, 0.6) is 0 Å². The molecule has 28 heavy (non-hydrogen) atoms. The molecule has 0 saturated carbocycles. The quantitative estimate of drug-likeness (QED) is 0.691. The van der Waals surface area contributed by atoms with Crippen LogP contribution in [0.1, 0.15) is 44.7 Å². The maximum Gasteiger partial charge on any atom is 0.274 e. The molecule has 2 heterocycles. The van der Waals surface area contributed by atoms with Crippen LogP contribution in [-0.4, -0.2) is 21.8 Å². The van der Waals surface area contributed by atoms with Crippen molar-refractivity contribution in [1.29, 1.82) is 0 Å². The number of nitrogens with one attached hydrogen (secondary N) is 2. The van der Waals surface area contributed by atoms with Gasteiger partial charge in [-0.25, -0.2) is 4.98 Å². The summed E-state index contributed by atoms with van der Waals surface area (Å²) in [4.78, 5) is 33.4. The molecule has 0 fully saturated rings. The first-order chi connectivity index (χ1) is 13.6. The van der Waals surface area contributed by atoms with E-state index in [-0.39, 0.29) is 23.2 Å². The number of para-hydroxylation sites is 1. The van der Waals surface area contributed by atoms with Crippen molar-refractivity contribution in [3.05, 3.63) is 89.0 Å². The Morgan fingerprint density at radius 2 is 1.68 bits per heavy atom. The summed E-state index contributed by atoms with van der Waals surface area (Å²) in [5, 5.41) is 5.69. The standard InChI is InChI=1S/C22H22N4O2/c1-3-16-9-6-8-15(2)20(16)26-22(28)19-12-7-11-18(25-19)21(27)24-14-17-10-4-5-13-23-17/h4-13H,3,14H2,1-2H3,(H,24,27)(H,26,28). The minimum absolute atomic E-state index is 0.184. The summed E-state index contributed by atoms with van der Waals surface area (Å²) in [6.07, 6.45) is 2.47. The van der Waals surface area contributed by atoms with Gasteiger partial charge in [0.15, 0.2) is 0 Å². The summed E-state index contributed by atoms with van der Waals surface area (Å²) in [7, 11) is 0. The first-order valence-corrected chi connectivity index (χ1v) is 9.13. The molecule has 0 unspecified atom stereocenters. The Morgan fingerprint density at radius 1 is 0.929 bits per heavy atom. The monoisotopic (exact) mass is 374 g/mol. The summed E-state index contributed by atoms with van der Waals surface area (Å²) < 4.78 is 0. The largest absolute Gasteiger partial charge is 0.345 e. The highest BCUT2D eigenvalue weighted by Gasteiger charge is 2.14. The number of amides is 2. The second kappa shape index (κ2) is 8.90. The molecule has 0 atom stereocenters. The van der Waals surface area contributed by atoms with Crippen molar-refractivity contribution in [2.45, 2.75) is 26.8 Å². The van der Waals surface area contributed by atoms with E-state index in [0.29, 0.717) is 6.54 Å². The van der Waals surface area contributed by atoms with Crippen LogP contribution in [0.4, 0.5) is 5.69 Å². The number of aromatic nitrogens is 2. The van der Waals surface area contributed by atoms with Gasteiger partial charge in [0.2, 0.25) is 0 Å². The van der Waals surface area contributed by atoms with Crippen molar-refractivity contribution in [2.24, 2.45) is 0 Å². The first kappa shape index (κ1) is 19.2. The lowest BCUT2D eigenvalue weighted by Gasteiger charge is -2.13. The van der Waals surface area contributed by atoms with E-state index in [4.69, 9.17) is 0 Å². The molecular weight excluding hydrogens is 352 g/mol. The fourth-order valence-corrected chi connectivity index (χ4v) is 2.83. The van der Waals surface area contributed by atoms with Gasteiger partial charge in [-0.1, -0.05) is 37.3 Å². The minimum atomic E-state index is -0.356. The van der Waals surface area contributed by atoms with Crippen LogP contribution in [0.25, 0.3) is 0 Å². The number of nitrogens with zero attached hydrogens (tertiary/aromatic N) is 2. The molecule has 0 saturated heterocycles. The molecule has 2 N–H and O–H groups in total. The maximum atomic E-state index is 12.7. The van der Waals surface area contributed by atoms with Crippen LogP contribution in [0.3, 0.4) is 0 Å². The Hall–Kier alpha value is -3.54. The Balaban J connectivity index is 1.72. The van der Waals surface area contributed by atoms with Gasteiger partial charge in [-0.3, -0.25) is 14.6 Å². The fourth-order valence-electron chi connectivity index (χ4n) is 2.83. The topological polar surface area (TPSA) is 84.0 Å². The Bertz CT molecular complexity index is 987. The molecule has 0 aliphatic heterocycles. The molecular formula is C22H22N4O2. The van der Waals surface area contributed by atoms with Gasteiger partial charge in [0.05, 0.1) is 12.2 Å². The summed E-state index contributed by atoms with van der Waals surface area (Å²) in [5.41, 5.74) is 3.95. The molecule has 3 rings (SSSR count). The van der Waals surface area contributed by atoms with Crippen molar-refractivity contribution < 1.29 is 9.59 Å². The van der Waals surface area contributed by atoms with E-state index in [0.717, 1.165) is 28.9 Å². The third-order valence-corrected chi connectivity index (χ3v) is 4.35. The van der Waals surface area contributed by atoms with Crippen LogP contribution in [0.2, 0.25) is 0 Å². The summed E-state index contributed by atoms with van der Waals surface area (Å²) in [6.45, 7) is 4.28. The average Bonchev–Trinajstić information content (AvgIpc) is 2.74. The second-order valence-corrected chi connectivity index (χ2v) is 6.33. The number of carbonyl (C=O) groups is 2. The molecule has 6 heteroatoms. The zero-order chi connectivity index (χ0) is 19.9. The number of pyridine rings is 2. The van der Waals surface area contributed by atoms with Crippen LogP contribution in [0, 0.1) is 6.92 Å². The van der Waals surface area contributed by atoms with E-state index < -0.39 is 0 Å². The molecule has 0 aliphatic carbocycles. The molecule has 0 aliphatic rings. The van der Waals surface area contributed by atoms with E-state index in [1.807, 2.05) is 50.2 Å². The molecule has 0 bridgehead atoms. The van der Waals surface area contributed by atoms with Crippen LogP contribution in [-0.2, 0) is 13.0 Å². The first-order valence-electron chi connectivity index (χ1n) is 9.13. The van der Waals surface area contributed by atoms with Crippen molar-refractivity contribution in [3.8, 4) is 0 Å². The van der Waals surface area contributed by atoms with Gasteiger partial charge in [-0.15, -0.1) is 0 Å². The minimum Gasteiger partial charge on any atom is -0.345 e. The highest BCUT2D eigenvalue weighted by atomic mass is 16.2. The molecule has 1 aromatic carbocycles. The lowest BCUT2D eigenvalue weighted by atomic mass is 10.1. The molecule has 6 nitrogen and oxygen atoms in total. The van der Waals surface area contributed by atoms with Crippen LogP contribution in [0.15, 0.2) is 60.8 Å². The van der Waals surface area contributed by atoms with Gasteiger partial charge >= 0.3 is 0 Å². The number of hydrogen-bond acceptors (Lipinski definition) is 4. The second-order valence-electron chi connectivity index (χ2n) is 6.33. The predicted molar refractivity (Wildman–Crippen MR) is 108 cm³/mol.